The first kappa shape index (κ1) is 15.4. The fourth-order valence-electron chi connectivity index (χ4n) is 1.43. The molecule has 1 unspecified atom stereocenters. The third kappa shape index (κ3) is 7.65. The average molecular weight is 231 g/mol. The van der Waals surface area contributed by atoms with E-state index in [2.05, 4.69) is 26.1 Å². The van der Waals surface area contributed by atoms with E-state index in [4.69, 9.17) is 9.47 Å². The molecule has 96 valence electrons. The van der Waals surface area contributed by atoms with Gasteiger partial charge in [-0.25, -0.2) is 0 Å². The molecule has 0 radical (unpaired) electrons. The van der Waals surface area contributed by atoms with Gasteiger partial charge in [0.15, 0.2) is 0 Å². The number of carbonyl (C=O) groups is 1. The van der Waals surface area contributed by atoms with Crippen molar-refractivity contribution in [3.63, 3.8) is 0 Å². The molecule has 0 aliphatic heterocycles. The summed E-state index contributed by atoms with van der Waals surface area (Å²) in [4.78, 5) is 11.7. The van der Waals surface area contributed by atoms with Crippen LogP contribution in [0.25, 0.3) is 0 Å². The second kappa shape index (κ2) is 7.63. The van der Waals surface area contributed by atoms with E-state index in [-0.39, 0.29) is 17.4 Å². The van der Waals surface area contributed by atoms with Gasteiger partial charge in [-0.3, -0.25) is 4.79 Å². The molecule has 0 rings (SSSR count). The maximum atomic E-state index is 11.7. The second-order valence-corrected chi connectivity index (χ2v) is 5.02. The van der Waals surface area contributed by atoms with Crippen LogP contribution in [0.4, 0.5) is 0 Å². The molecule has 4 heteroatoms. The molecule has 0 spiro atoms. The van der Waals surface area contributed by atoms with Crippen molar-refractivity contribution in [2.24, 2.45) is 5.41 Å². The first-order chi connectivity index (χ1) is 7.40. The zero-order chi connectivity index (χ0) is 12.6. The van der Waals surface area contributed by atoms with Gasteiger partial charge in [0.25, 0.3) is 0 Å². The smallest absolute Gasteiger partial charge is 0.323 e. The van der Waals surface area contributed by atoms with E-state index in [0.29, 0.717) is 19.8 Å². The third-order valence-electron chi connectivity index (χ3n) is 2.08. The van der Waals surface area contributed by atoms with E-state index in [9.17, 15) is 4.79 Å². The number of hydrogen-bond donors (Lipinski definition) is 1. The summed E-state index contributed by atoms with van der Waals surface area (Å²) < 4.78 is 9.99. The van der Waals surface area contributed by atoms with E-state index in [1.165, 1.54) is 0 Å². The van der Waals surface area contributed by atoms with Crippen LogP contribution in [0, 0.1) is 5.41 Å². The lowest BCUT2D eigenvalue weighted by atomic mass is 9.88. The minimum atomic E-state index is -0.241. The molecule has 0 aliphatic rings. The van der Waals surface area contributed by atoms with Crippen molar-refractivity contribution in [1.82, 2.24) is 5.32 Å². The van der Waals surface area contributed by atoms with E-state index >= 15 is 0 Å². The van der Waals surface area contributed by atoms with Crippen molar-refractivity contribution in [2.75, 3.05) is 26.9 Å². The summed E-state index contributed by atoms with van der Waals surface area (Å²) in [7, 11) is 1.64. The van der Waals surface area contributed by atoms with Gasteiger partial charge < -0.3 is 14.8 Å². The van der Waals surface area contributed by atoms with Crippen LogP contribution in [0.1, 0.15) is 34.1 Å². The summed E-state index contributed by atoms with van der Waals surface area (Å²) in [5, 5.41) is 3.16. The van der Waals surface area contributed by atoms with Crippen molar-refractivity contribution in [3.05, 3.63) is 0 Å². The molecule has 0 aliphatic carbocycles. The molecule has 1 atom stereocenters. The Labute approximate surface area is 98.7 Å². The Morgan fingerprint density at radius 3 is 2.44 bits per heavy atom. The van der Waals surface area contributed by atoms with Crippen molar-refractivity contribution in [1.29, 1.82) is 0 Å². The maximum absolute atomic E-state index is 11.7. The average Bonchev–Trinajstić information content (AvgIpc) is 2.15. The van der Waals surface area contributed by atoms with Gasteiger partial charge in [0.05, 0.1) is 13.2 Å². The number of methoxy groups -OCH3 is 1. The Hall–Kier alpha value is -0.610. The Morgan fingerprint density at radius 2 is 2.00 bits per heavy atom. The van der Waals surface area contributed by atoms with Gasteiger partial charge in [-0.1, -0.05) is 20.8 Å². The quantitative estimate of drug-likeness (QED) is 0.534. The summed E-state index contributed by atoms with van der Waals surface area (Å²) in [5.41, 5.74) is 0.0947. The Bertz CT molecular complexity index is 199. The molecule has 0 amide bonds. The SMILES string of the molecule is CCOC(=O)C(CC(C)(C)C)NCCOC. The highest BCUT2D eigenvalue weighted by Gasteiger charge is 2.25. The monoisotopic (exact) mass is 231 g/mol. The summed E-state index contributed by atoms with van der Waals surface area (Å²) in [6.07, 6.45) is 0.759. The minimum absolute atomic E-state index is 0.0947. The largest absolute Gasteiger partial charge is 0.465 e. The predicted molar refractivity (Wildman–Crippen MR) is 64.4 cm³/mol. The summed E-state index contributed by atoms with van der Waals surface area (Å²) in [5.74, 6) is -0.173. The van der Waals surface area contributed by atoms with Gasteiger partial charge in [0.2, 0.25) is 0 Å². The van der Waals surface area contributed by atoms with Gasteiger partial charge in [-0.05, 0) is 18.8 Å². The molecule has 0 bridgehead atoms. The predicted octanol–water partition coefficient (Wildman–Crippen LogP) is 1.59. The lowest BCUT2D eigenvalue weighted by molar-refractivity contribution is -0.146. The number of nitrogens with one attached hydrogen (secondary N) is 1. The van der Waals surface area contributed by atoms with Crippen LogP contribution in [-0.4, -0.2) is 38.9 Å². The first-order valence-electron chi connectivity index (χ1n) is 5.79. The Balaban J connectivity index is 4.21. The van der Waals surface area contributed by atoms with Gasteiger partial charge >= 0.3 is 5.97 Å². The van der Waals surface area contributed by atoms with Crippen LogP contribution >= 0.6 is 0 Å². The highest BCUT2D eigenvalue weighted by molar-refractivity contribution is 5.75. The van der Waals surface area contributed by atoms with E-state index in [1.54, 1.807) is 7.11 Å². The summed E-state index contributed by atoms with van der Waals surface area (Å²) >= 11 is 0. The van der Waals surface area contributed by atoms with E-state index < -0.39 is 0 Å². The second-order valence-electron chi connectivity index (χ2n) is 5.02. The molecule has 0 heterocycles. The Morgan fingerprint density at radius 1 is 1.38 bits per heavy atom. The zero-order valence-electron chi connectivity index (χ0n) is 11.1. The summed E-state index contributed by atoms with van der Waals surface area (Å²) in [6, 6.07) is -0.241. The van der Waals surface area contributed by atoms with Crippen molar-refractivity contribution < 1.29 is 14.3 Å². The molecule has 16 heavy (non-hydrogen) atoms. The molecule has 0 aromatic carbocycles. The molecule has 0 saturated heterocycles. The fraction of sp³-hybridized carbons (Fsp3) is 0.917. The standard InChI is InChI=1S/C12H25NO3/c1-6-16-11(14)10(9-12(2,3)4)13-7-8-15-5/h10,13H,6-9H2,1-5H3. The van der Waals surface area contributed by atoms with Gasteiger partial charge in [-0.2, -0.15) is 0 Å². The van der Waals surface area contributed by atoms with Crippen molar-refractivity contribution >= 4 is 5.97 Å². The molecule has 0 aromatic heterocycles. The number of ether oxygens (including phenoxy) is 2. The maximum Gasteiger partial charge on any atom is 0.323 e. The number of carbonyl (C=O) groups excluding carboxylic acids is 1. The number of hydrogen-bond acceptors (Lipinski definition) is 4. The zero-order valence-corrected chi connectivity index (χ0v) is 11.1. The van der Waals surface area contributed by atoms with Gasteiger partial charge in [-0.15, -0.1) is 0 Å². The minimum Gasteiger partial charge on any atom is -0.465 e. The molecule has 0 saturated carbocycles. The van der Waals surface area contributed by atoms with E-state index in [0.717, 1.165) is 6.42 Å². The molecular weight excluding hydrogens is 206 g/mol. The van der Waals surface area contributed by atoms with Crippen LogP contribution < -0.4 is 5.32 Å². The summed E-state index contributed by atoms with van der Waals surface area (Å²) in [6.45, 7) is 9.83. The van der Waals surface area contributed by atoms with Crippen LogP contribution in [0.5, 0.6) is 0 Å². The normalized spacial score (nSPS) is 13.6. The van der Waals surface area contributed by atoms with Crippen molar-refractivity contribution in [3.8, 4) is 0 Å². The van der Waals surface area contributed by atoms with Crippen LogP contribution in [-0.2, 0) is 14.3 Å². The van der Waals surface area contributed by atoms with E-state index in [1.807, 2.05) is 6.92 Å². The lowest BCUT2D eigenvalue weighted by Crippen LogP contribution is -2.42. The van der Waals surface area contributed by atoms with Crippen molar-refractivity contribution in [2.45, 2.75) is 40.2 Å². The van der Waals surface area contributed by atoms with Gasteiger partial charge in [0.1, 0.15) is 6.04 Å². The molecule has 0 fully saturated rings. The third-order valence-corrected chi connectivity index (χ3v) is 2.08. The highest BCUT2D eigenvalue weighted by atomic mass is 16.5. The highest BCUT2D eigenvalue weighted by Crippen LogP contribution is 2.21. The molecule has 4 nitrogen and oxygen atoms in total. The molecule has 1 N–H and O–H groups in total. The Kier molecular flexibility index (Phi) is 7.34. The topological polar surface area (TPSA) is 47.6 Å². The van der Waals surface area contributed by atoms with Crippen LogP contribution in [0.2, 0.25) is 0 Å². The number of esters is 1. The number of rotatable bonds is 7. The van der Waals surface area contributed by atoms with Crippen LogP contribution in [0.3, 0.4) is 0 Å². The molecular formula is C12H25NO3. The van der Waals surface area contributed by atoms with Gasteiger partial charge in [0, 0.05) is 13.7 Å². The molecule has 0 aromatic rings. The fourth-order valence-corrected chi connectivity index (χ4v) is 1.43. The van der Waals surface area contributed by atoms with Crippen LogP contribution in [0.15, 0.2) is 0 Å². The first-order valence-corrected chi connectivity index (χ1v) is 5.79. The lowest BCUT2D eigenvalue weighted by Gasteiger charge is -2.25.